The lowest BCUT2D eigenvalue weighted by atomic mass is 10.1. The van der Waals surface area contributed by atoms with Crippen LogP contribution in [-0.2, 0) is 5.75 Å². The van der Waals surface area contributed by atoms with E-state index in [4.69, 9.17) is 11.6 Å². The van der Waals surface area contributed by atoms with Crippen molar-refractivity contribution in [1.29, 1.82) is 0 Å². The monoisotopic (exact) mass is 328 g/mol. The Morgan fingerprint density at radius 1 is 1.24 bits per heavy atom. The van der Waals surface area contributed by atoms with Crippen molar-refractivity contribution in [3.63, 3.8) is 0 Å². The van der Waals surface area contributed by atoms with E-state index in [1.807, 2.05) is 36.6 Å². The minimum absolute atomic E-state index is 0.461. The molecule has 0 atom stereocenters. The van der Waals surface area contributed by atoms with Crippen LogP contribution in [0, 0.1) is 0 Å². The summed E-state index contributed by atoms with van der Waals surface area (Å²) in [7, 11) is 0. The number of nitrogens with zero attached hydrogens (tertiary/aromatic N) is 2. The molecular formula is C12H10BrClN2S. The largest absolute Gasteiger partial charge is 0.231 e. The summed E-state index contributed by atoms with van der Waals surface area (Å²) in [5, 5.41) is 0.461. The molecule has 0 aliphatic heterocycles. The molecule has 1 aromatic heterocycles. The molecular weight excluding hydrogens is 320 g/mol. The van der Waals surface area contributed by atoms with E-state index in [1.165, 1.54) is 0 Å². The first-order chi connectivity index (χ1) is 8.22. The lowest BCUT2D eigenvalue weighted by molar-refractivity contribution is 1.03. The van der Waals surface area contributed by atoms with Gasteiger partial charge in [0.2, 0.25) is 0 Å². The summed E-state index contributed by atoms with van der Waals surface area (Å²) in [5.41, 5.74) is 1.88. The van der Waals surface area contributed by atoms with Crippen LogP contribution >= 0.6 is 39.3 Å². The van der Waals surface area contributed by atoms with Gasteiger partial charge in [0.25, 0.3) is 0 Å². The molecule has 0 aliphatic rings. The predicted molar refractivity (Wildman–Crippen MR) is 77.4 cm³/mol. The molecule has 0 bridgehead atoms. The molecule has 2 rings (SSSR count). The third-order valence-electron chi connectivity index (χ3n) is 2.18. The van der Waals surface area contributed by atoms with Gasteiger partial charge in [-0.3, -0.25) is 0 Å². The third kappa shape index (κ3) is 3.00. The highest BCUT2D eigenvalue weighted by Crippen LogP contribution is 2.31. The van der Waals surface area contributed by atoms with Gasteiger partial charge in [-0.05, 0) is 22.2 Å². The van der Waals surface area contributed by atoms with E-state index in [2.05, 4.69) is 25.9 Å². The molecule has 0 amide bonds. The smallest absolute Gasteiger partial charge is 0.147 e. The molecule has 0 unspecified atom stereocenters. The Morgan fingerprint density at radius 3 is 2.59 bits per heavy atom. The van der Waals surface area contributed by atoms with Gasteiger partial charge < -0.3 is 0 Å². The zero-order chi connectivity index (χ0) is 12.3. The molecule has 2 nitrogen and oxygen atoms in total. The molecule has 0 radical (unpaired) electrons. The Kier molecular flexibility index (Phi) is 4.42. The first-order valence-electron chi connectivity index (χ1n) is 4.98. The maximum atomic E-state index is 6.10. The van der Waals surface area contributed by atoms with Crippen molar-refractivity contribution in [3.8, 4) is 11.3 Å². The van der Waals surface area contributed by atoms with Crippen molar-refractivity contribution in [2.45, 2.75) is 5.75 Å². The molecule has 17 heavy (non-hydrogen) atoms. The van der Waals surface area contributed by atoms with Crippen molar-refractivity contribution in [1.82, 2.24) is 9.97 Å². The summed E-state index contributed by atoms with van der Waals surface area (Å²) < 4.78 is 0.746. The van der Waals surface area contributed by atoms with Crippen molar-refractivity contribution in [2.75, 3.05) is 6.26 Å². The second kappa shape index (κ2) is 5.85. The first kappa shape index (κ1) is 12.9. The first-order valence-corrected chi connectivity index (χ1v) is 7.55. The fourth-order valence-corrected chi connectivity index (χ4v) is 2.42. The average molecular weight is 330 g/mol. The zero-order valence-electron chi connectivity index (χ0n) is 9.15. The highest BCUT2D eigenvalue weighted by Gasteiger charge is 2.11. The molecule has 1 heterocycles. The number of hydrogen-bond donors (Lipinski definition) is 0. The van der Waals surface area contributed by atoms with Gasteiger partial charge >= 0.3 is 0 Å². The maximum Gasteiger partial charge on any atom is 0.147 e. The van der Waals surface area contributed by atoms with Crippen LogP contribution < -0.4 is 0 Å². The predicted octanol–water partition coefficient (Wildman–Crippen LogP) is 4.42. The Hall–Kier alpha value is -0.580. The van der Waals surface area contributed by atoms with Gasteiger partial charge in [-0.15, -0.1) is 0 Å². The fraction of sp³-hybridized carbons (Fsp3) is 0.167. The van der Waals surface area contributed by atoms with Gasteiger partial charge in [-0.1, -0.05) is 41.9 Å². The van der Waals surface area contributed by atoms with Crippen LogP contribution in [-0.4, -0.2) is 16.2 Å². The molecule has 0 spiro atoms. The summed E-state index contributed by atoms with van der Waals surface area (Å²) in [6.45, 7) is 0. The molecule has 0 aliphatic carbocycles. The Labute approximate surface area is 118 Å². The van der Waals surface area contributed by atoms with Crippen LogP contribution in [0.25, 0.3) is 11.3 Å². The van der Waals surface area contributed by atoms with Crippen LogP contribution in [0.3, 0.4) is 0 Å². The van der Waals surface area contributed by atoms with Crippen molar-refractivity contribution >= 4 is 39.3 Å². The van der Waals surface area contributed by atoms with Crippen LogP contribution in [0.5, 0.6) is 0 Å². The molecule has 0 saturated heterocycles. The van der Waals surface area contributed by atoms with Crippen molar-refractivity contribution in [3.05, 3.63) is 45.8 Å². The van der Waals surface area contributed by atoms with Crippen LogP contribution in [0.15, 0.2) is 34.8 Å². The van der Waals surface area contributed by atoms with E-state index < -0.39 is 0 Å². The summed E-state index contributed by atoms with van der Waals surface area (Å²) in [6.07, 6.45) is 2.02. The average Bonchev–Trinajstić information content (AvgIpc) is 2.35. The van der Waals surface area contributed by atoms with E-state index in [9.17, 15) is 0 Å². The summed E-state index contributed by atoms with van der Waals surface area (Å²) in [5.74, 6) is 1.51. The normalized spacial score (nSPS) is 10.5. The third-order valence-corrected chi connectivity index (χ3v) is 3.98. The number of rotatable bonds is 3. The Balaban J connectivity index is 2.53. The van der Waals surface area contributed by atoms with E-state index in [0.29, 0.717) is 5.15 Å². The highest BCUT2D eigenvalue weighted by molar-refractivity contribution is 9.10. The fourth-order valence-electron chi connectivity index (χ4n) is 1.44. The molecule has 88 valence electrons. The number of thioether (sulfide) groups is 1. The van der Waals surface area contributed by atoms with Gasteiger partial charge in [0.1, 0.15) is 11.0 Å². The Bertz CT molecular complexity index is 519. The number of aromatic nitrogens is 2. The van der Waals surface area contributed by atoms with E-state index in [-0.39, 0.29) is 0 Å². The topological polar surface area (TPSA) is 25.8 Å². The van der Waals surface area contributed by atoms with Crippen molar-refractivity contribution < 1.29 is 0 Å². The van der Waals surface area contributed by atoms with E-state index in [1.54, 1.807) is 11.8 Å². The molecule has 2 aromatic rings. The molecule has 0 saturated carbocycles. The lowest BCUT2D eigenvalue weighted by Gasteiger charge is -2.07. The minimum Gasteiger partial charge on any atom is -0.231 e. The van der Waals surface area contributed by atoms with Gasteiger partial charge in [0.15, 0.2) is 0 Å². The molecule has 5 heteroatoms. The summed E-state index contributed by atoms with van der Waals surface area (Å²) in [4.78, 5) is 8.77. The SMILES string of the molecule is CSCc1nc(Cl)c(Br)c(-c2ccccc2)n1. The Morgan fingerprint density at radius 2 is 1.94 bits per heavy atom. The molecule has 0 N–H and O–H groups in total. The second-order valence-electron chi connectivity index (χ2n) is 3.39. The van der Waals surface area contributed by atoms with Gasteiger partial charge in [-0.2, -0.15) is 11.8 Å². The summed E-state index contributed by atoms with van der Waals surface area (Å²) >= 11 is 11.2. The minimum atomic E-state index is 0.461. The maximum absolute atomic E-state index is 6.10. The molecule has 1 aromatic carbocycles. The quantitative estimate of drug-likeness (QED) is 0.779. The van der Waals surface area contributed by atoms with Gasteiger partial charge in [0.05, 0.1) is 15.9 Å². The van der Waals surface area contributed by atoms with Crippen molar-refractivity contribution in [2.24, 2.45) is 0 Å². The molecule has 0 fully saturated rings. The second-order valence-corrected chi connectivity index (χ2v) is 5.41. The van der Waals surface area contributed by atoms with Gasteiger partial charge in [-0.25, -0.2) is 9.97 Å². The number of benzene rings is 1. The van der Waals surface area contributed by atoms with Crippen LogP contribution in [0.1, 0.15) is 5.82 Å². The number of hydrogen-bond acceptors (Lipinski definition) is 3. The van der Waals surface area contributed by atoms with Crippen LogP contribution in [0.2, 0.25) is 5.15 Å². The number of halogens is 2. The standard InChI is InChI=1S/C12H10BrClN2S/c1-17-7-9-15-11(10(13)12(14)16-9)8-5-3-2-4-6-8/h2-6H,7H2,1H3. The van der Waals surface area contributed by atoms with E-state index >= 15 is 0 Å². The highest BCUT2D eigenvalue weighted by atomic mass is 79.9. The van der Waals surface area contributed by atoms with E-state index in [0.717, 1.165) is 27.3 Å². The zero-order valence-corrected chi connectivity index (χ0v) is 12.3. The lowest BCUT2D eigenvalue weighted by Crippen LogP contribution is -1.97. The summed E-state index contributed by atoms with van der Waals surface area (Å²) in [6, 6.07) is 9.94. The van der Waals surface area contributed by atoms with Crippen LogP contribution in [0.4, 0.5) is 0 Å². The van der Waals surface area contributed by atoms with Gasteiger partial charge in [0, 0.05) is 5.56 Å².